The van der Waals surface area contributed by atoms with Gasteiger partial charge in [0.2, 0.25) is 0 Å². The number of carbonyl (C=O) groups excluding carboxylic acids is 2. The summed E-state index contributed by atoms with van der Waals surface area (Å²) in [5.74, 6) is -1.01. The van der Waals surface area contributed by atoms with Crippen LogP contribution in [-0.4, -0.2) is 61.8 Å². The summed E-state index contributed by atoms with van der Waals surface area (Å²) in [6.45, 7) is 4.78. The minimum Gasteiger partial charge on any atom is -1.00 e. The standard InChI is InChI=1S/C8H17N3.C4H5NO3.ClH/c1-4-9-8-10-6-5-7-11(2)3;6-3-1-2-4(7)5(3)8;/h4-7H2,1-3H3;8H,1-2H2;1H. The third-order valence-corrected chi connectivity index (χ3v) is 2.27. The van der Waals surface area contributed by atoms with Gasteiger partial charge in [0.05, 0.1) is 33.2 Å². The molecule has 0 spiro atoms. The Morgan fingerprint density at radius 2 is 1.80 bits per heavy atom. The number of hydrogen-bond donors (Lipinski definition) is 2. The molecule has 116 valence electrons. The van der Waals surface area contributed by atoms with Crippen LogP contribution < -0.4 is 17.3 Å². The summed E-state index contributed by atoms with van der Waals surface area (Å²) in [6, 6.07) is 2.65. The van der Waals surface area contributed by atoms with Crippen LogP contribution >= 0.6 is 0 Å². The minimum absolute atomic E-state index is 0. The van der Waals surface area contributed by atoms with Crippen LogP contribution in [-0.2, 0) is 9.59 Å². The first-order valence-electron chi connectivity index (χ1n) is 6.40. The molecule has 8 heteroatoms. The molecule has 0 aromatic rings. The van der Waals surface area contributed by atoms with Crippen LogP contribution in [0.4, 0.5) is 0 Å². The average molecular weight is 307 g/mol. The van der Waals surface area contributed by atoms with Crippen LogP contribution in [0.3, 0.4) is 0 Å². The van der Waals surface area contributed by atoms with Gasteiger partial charge in [-0.2, -0.15) is 5.06 Å². The molecule has 0 atom stereocenters. The molecule has 0 aromatic carbocycles. The highest BCUT2D eigenvalue weighted by molar-refractivity contribution is 6.00. The number of carbonyl (C=O) groups is 2. The Balaban J connectivity index is 0. The fourth-order valence-electron chi connectivity index (χ4n) is 1.25. The van der Waals surface area contributed by atoms with Gasteiger partial charge in [-0.3, -0.25) is 14.8 Å². The monoisotopic (exact) mass is 306 g/mol. The average Bonchev–Trinajstić information content (AvgIpc) is 2.65. The van der Waals surface area contributed by atoms with Gasteiger partial charge in [-0.1, -0.05) is 0 Å². The lowest BCUT2D eigenvalue weighted by Crippen LogP contribution is -3.05. The molecular weight excluding hydrogens is 284 g/mol. The first-order valence-corrected chi connectivity index (χ1v) is 6.40. The third kappa shape index (κ3) is 10.6. The molecule has 0 saturated carbocycles. The van der Waals surface area contributed by atoms with E-state index in [9.17, 15) is 9.59 Å². The van der Waals surface area contributed by atoms with E-state index in [0.717, 1.165) is 26.1 Å². The highest BCUT2D eigenvalue weighted by Crippen LogP contribution is 2.06. The second-order valence-electron chi connectivity index (χ2n) is 4.37. The maximum absolute atomic E-state index is 10.2. The lowest BCUT2D eigenvalue weighted by Gasteiger charge is -2.03. The highest BCUT2D eigenvalue weighted by Gasteiger charge is 2.26. The molecule has 2 amide bonds. The fourth-order valence-corrected chi connectivity index (χ4v) is 1.25. The van der Waals surface area contributed by atoms with Crippen molar-refractivity contribution in [3.8, 4) is 0 Å². The molecule has 2 N–H and O–H groups in total. The molecule has 0 aliphatic carbocycles. The van der Waals surface area contributed by atoms with E-state index in [2.05, 4.69) is 30.1 Å². The molecule has 1 saturated heterocycles. The molecule has 1 heterocycles. The number of imide groups is 1. The smallest absolute Gasteiger partial charge is 0.253 e. The molecule has 7 nitrogen and oxygen atoms in total. The van der Waals surface area contributed by atoms with Crippen LogP contribution in [0.5, 0.6) is 0 Å². The molecule has 1 aliphatic heterocycles. The summed E-state index contributed by atoms with van der Waals surface area (Å²) in [4.78, 5) is 29.8. The number of hydroxylamine groups is 2. The number of nitrogens with zero attached hydrogens (tertiary/aromatic N) is 3. The largest absolute Gasteiger partial charge is 1.00 e. The Morgan fingerprint density at radius 3 is 2.15 bits per heavy atom. The predicted molar refractivity (Wildman–Crippen MR) is 70.4 cm³/mol. The number of rotatable bonds is 5. The molecular formula is C12H23ClN4O3. The summed E-state index contributed by atoms with van der Waals surface area (Å²) < 4.78 is 0. The topological polar surface area (TPSA) is 86.8 Å². The fraction of sp³-hybridized carbons (Fsp3) is 0.750. The zero-order valence-corrected chi connectivity index (χ0v) is 13.0. The molecule has 1 fully saturated rings. The van der Waals surface area contributed by atoms with Crippen molar-refractivity contribution in [2.45, 2.75) is 26.2 Å². The van der Waals surface area contributed by atoms with Gasteiger partial charge in [0.1, 0.15) is 0 Å². The summed E-state index contributed by atoms with van der Waals surface area (Å²) >= 11 is 0. The van der Waals surface area contributed by atoms with Gasteiger partial charge in [-0.15, -0.1) is 0 Å². The quantitative estimate of drug-likeness (QED) is 0.237. The van der Waals surface area contributed by atoms with Gasteiger partial charge >= 0.3 is 0 Å². The summed E-state index contributed by atoms with van der Waals surface area (Å²) in [5, 5.41) is 8.57. The van der Waals surface area contributed by atoms with Gasteiger partial charge in [0, 0.05) is 25.8 Å². The van der Waals surface area contributed by atoms with Crippen molar-refractivity contribution in [1.82, 2.24) is 5.06 Å². The summed E-state index contributed by atoms with van der Waals surface area (Å²) in [6.07, 6.45) is 1.42. The van der Waals surface area contributed by atoms with Crippen molar-refractivity contribution in [1.29, 1.82) is 0 Å². The van der Waals surface area contributed by atoms with Gasteiger partial charge in [-0.05, 0) is 6.92 Å². The van der Waals surface area contributed by atoms with Crippen LogP contribution in [0.2, 0.25) is 0 Å². The van der Waals surface area contributed by atoms with Gasteiger partial charge < -0.3 is 17.3 Å². The van der Waals surface area contributed by atoms with E-state index in [0.29, 0.717) is 0 Å². The van der Waals surface area contributed by atoms with E-state index in [-0.39, 0.29) is 30.3 Å². The van der Waals surface area contributed by atoms with E-state index < -0.39 is 11.8 Å². The highest BCUT2D eigenvalue weighted by atomic mass is 35.5. The maximum atomic E-state index is 10.2. The predicted octanol–water partition coefficient (Wildman–Crippen LogP) is -3.76. The Labute approximate surface area is 125 Å². The second kappa shape index (κ2) is 12.7. The first-order chi connectivity index (χ1) is 8.99. The van der Waals surface area contributed by atoms with Crippen molar-refractivity contribution >= 4 is 17.8 Å². The van der Waals surface area contributed by atoms with E-state index in [1.165, 1.54) is 4.90 Å². The zero-order chi connectivity index (χ0) is 14.7. The summed E-state index contributed by atoms with van der Waals surface area (Å²) in [5.41, 5.74) is 0. The van der Waals surface area contributed by atoms with Crippen molar-refractivity contribution in [3.63, 3.8) is 0 Å². The number of aliphatic imine (C=N–C) groups is 2. The van der Waals surface area contributed by atoms with Crippen LogP contribution in [0.15, 0.2) is 9.98 Å². The van der Waals surface area contributed by atoms with Gasteiger partial charge in [0.25, 0.3) is 11.8 Å². The number of halogens is 1. The maximum Gasteiger partial charge on any atom is 0.253 e. The van der Waals surface area contributed by atoms with Crippen molar-refractivity contribution < 1.29 is 32.1 Å². The summed E-state index contributed by atoms with van der Waals surface area (Å²) in [7, 11) is 4.29. The van der Waals surface area contributed by atoms with E-state index >= 15 is 0 Å². The molecule has 1 aliphatic rings. The second-order valence-corrected chi connectivity index (χ2v) is 4.37. The molecule has 0 unspecified atom stereocenters. The van der Waals surface area contributed by atoms with Crippen LogP contribution in [0, 0.1) is 0 Å². The van der Waals surface area contributed by atoms with E-state index in [4.69, 9.17) is 5.21 Å². The van der Waals surface area contributed by atoms with Gasteiger partial charge in [-0.25, -0.2) is 9.98 Å². The van der Waals surface area contributed by atoms with E-state index in [1.807, 2.05) is 6.92 Å². The van der Waals surface area contributed by atoms with Crippen molar-refractivity contribution in [3.05, 3.63) is 0 Å². The number of quaternary nitrogens is 1. The minimum atomic E-state index is -0.505. The van der Waals surface area contributed by atoms with Crippen molar-refractivity contribution in [2.75, 3.05) is 33.7 Å². The van der Waals surface area contributed by atoms with E-state index in [1.54, 1.807) is 0 Å². The molecule has 1 rings (SSSR count). The normalized spacial score (nSPS) is 13.3. The van der Waals surface area contributed by atoms with Gasteiger partial charge in [0.15, 0.2) is 0 Å². The third-order valence-electron chi connectivity index (χ3n) is 2.27. The van der Waals surface area contributed by atoms with Crippen molar-refractivity contribution in [2.24, 2.45) is 9.98 Å². The Morgan fingerprint density at radius 1 is 1.25 bits per heavy atom. The first kappa shape index (κ1) is 21.0. The molecule has 20 heavy (non-hydrogen) atoms. The zero-order valence-electron chi connectivity index (χ0n) is 12.2. The molecule has 0 radical (unpaired) electrons. The Kier molecular flexibility index (Phi) is 13.4. The lowest BCUT2D eigenvalue weighted by molar-refractivity contribution is -0.858. The Hall–Kier alpha value is -1.27. The number of hydrogen-bond acceptors (Lipinski definition) is 5. The molecule has 0 aromatic heterocycles. The van der Waals surface area contributed by atoms with Crippen LogP contribution in [0.1, 0.15) is 26.2 Å². The Bertz CT molecular complexity index is 339. The molecule has 0 bridgehead atoms. The number of amides is 2. The number of nitrogens with one attached hydrogen (secondary N) is 1. The SMILES string of the molecule is CCN=C=NCCC[NH+](C)C.O=C1CCC(=O)N1O.[Cl-]. The van der Waals surface area contributed by atoms with Crippen LogP contribution in [0.25, 0.3) is 0 Å². The lowest BCUT2D eigenvalue weighted by atomic mass is 10.4.